The summed E-state index contributed by atoms with van der Waals surface area (Å²) in [6.45, 7) is 7.71. The Morgan fingerprint density at radius 1 is 1.10 bits per heavy atom. The number of anilines is 1. The van der Waals surface area contributed by atoms with E-state index < -0.39 is 23.4 Å². The Balaban J connectivity index is 1.34. The number of likely N-dealkylation sites (tertiary alicyclic amines) is 1. The number of ether oxygens (including phenoxy) is 1. The highest BCUT2D eigenvalue weighted by Crippen LogP contribution is 2.41. The van der Waals surface area contributed by atoms with Crippen molar-refractivity contribution in [1.82, 2.24) is 34.9 Å². The molecule has 3 aromatic heterocycles. The van der Waals surface area contributed by atoms with Crippen LogP contribution in [0.5, 0.6) is 0 Å². The van der Waals surface area contributed by atoms with Gasteiger partial charge in [0, 0.05) is 60.3 Å². The van der Waals surface area contributed by atoms with E-state index in [1.807, 2.05) is 50.3 Å². The number of pyridine rings is 1. The zero-order valence-electron chi connectivity index (χ0n) is 28.4. The van der Waals surface area contributed by atoms with Crippen molar-refractivity contribution in [2.45, 2.75) is 72.2 Å². The van der Waals surface area contributed by atoms with E-state index in [1.54, 1.807) is 30.3 Å². The van der Waals surface area contributed by atoms with Gasteiger partial charge in [0.05, 0.1) is 18.7 Å². The quantitative estimate of drug-likeness (QED) is 0.170. The van der Waals surface area contributed by atoms with Crippen molar-refractivity contribution >= 4 is 56.2 Å². The molecule has 6 rings (SSSR count). The number of hydrogen-bond donors (Lipinski definition) is 2. The van der Waals surface area contributed by atoms with Crippen LogP contribution in [0.2, 0.25) is 0 Å². The van der Waals surface area contributed by atoms with Gasteiger partial charge in [-0.05, 0) is 66.4 Å². The largest absolute Gasteiger partial charge is 0.373 e. The molecule has 260 valence electrons. The summed E-state index contributed by atoms with van der Waals surface area (Å²) in [5.74, 6) is -0.142. The monoisotopic (exact) mass is 742 g/mol. The highest BCUT2D eigenvalue weighted by atomic mass is 79.9. The zero-order chi connectivity index (χ0) is 35.6. The SMILES string of the molecule is CC(=O)c1nn(CC(=O)N2[C@H]3C[C@](C)(CNC(=O)CCC=CCOCc4ccc(Br)nc4NC3=O)[C@H]2C)c2ccc(-c3cnc(C)nc3)cc12. The van der Waals surface area contributed by atoms with E-state index in [4.69, 9.17) is 4.74 Å². The van der Waals surface area contributed by atoms with Gasteiger partial charge in [-0.25, -0.2) is 15.0 Å². The molecule has 0 radical (unpaired) electrons. The van der Waals surface area contributed by atoms with Crippen molar-refractivity contribution in [2.75, 3.05) is 18.5 Å². The minimum absolute atomic E-state index is 0.114. The molecule has 13 nitrogen and oxygen atoms in total. The number of halogens is 1. The van der Waals surface area contributed by atoms with Gasteiger partial charge in [0.2, 0.25) is 17.7 Å². The van der Waals surface area contributed by atoms with Gasteiger partial charge >= 0.3 is 0 Å². The molecule has 0 spiro atoms. The number of nitrogens with zero attached hydrogens (tertiary/aromatic N) is 6. The number of carbonyl (C=O) groups excluding carboxylic acids is 4. The smallest absolute Gasteiger partial charge is 0.248 e. The van der Waals surface area contributed by atoms with Crippen LogP contribution < -0.4 is 10.6 Å². The van der Waals surface area contributed by atoms with Gasteiger partial charge in [-0.2, -0.15) is 5.10 Å². The van der Waals surface area contributed by atoms with E-state index in [2.05, 4.69) is 46.6 Å². The number of aromatic nitrogens is 5. The maximum Gasteiger partial charge on any atom is 0.248 e. The molecular weight excluding hydrogens is 704 g/mol. The third kappa shape index (κ3) is 7.36. The van der Waals surface area contributed by atoms with Gasteiger partial charge < -0.3 is 20.3 Å². The fraction of sp³-hybridized carbons (Fsp3) is 0.389. The Kier molecular flexibility index (Phi) is 10.2. The lowest BCUT2D eigenvalue weighted by molar-refractivity contribution is -0.139. The molecule has 2 aliphatic rings. The van der Waals surface area contributed by atoms with Crippen LogP contribution in [0.3, 0.4) is 0 Å². The molecule has 50 heavy (non-hydrogen) atoms. The normalized spacial score (nSPS) is 21.7. The van der Waals surface area contributed by atoms with Crippen molar-refractivity contribution < 1.29 is 23.9 Å². The number of ketones is 1. The fourth-order valence-corrected chi connectivity index (χ4v) is 6.86. The first-order valence-corrected chi connectivity index (χ1v) is 17.3. The first kappa shape index (κ1) is 35.0. The van der Waals surface area contributed by atoms with E-state index in [9.17, 15) is 19.2 Å². The summed E-state index contributed by atoms with van der Waals surface area (Å²) in [5, 5.41) is 11.2. The predicted octanol–water partition coefficient (Wildman–Crippen LogP) is 4.78. The summed E-state index contributed by atoms with van der Waals surface area (Å²) in [6, 6.07) is 7.82. The van der Waals surface area contributed by atoms with Gasteiger partial charge in [-0.15, -0.1) is 0 Å². The van der Waals surface area contributed by atoms with Crippen molar-refractivity contribution in [3.63, 3.8) is 0 Å². The lowest BCUT2D eigenvalue weighted by Gasteiger charge is -2.33. The second-order valence-corrected chi connectivity index (χ2v) is 13.9. The molecule has 5 heterocycles. The summed E-state index contributed by atoms with van der Waals surface area (Å²) >= 11 is 3.40. The third-order valence-corrected chi connectivity index (χ3v) is 9.99. The average Bonchev–Trinajstić information content (AvgIpc) is 3.58. The van der Waals surface area contributed by atoms with E-state index >= 15 is 0 Å². The molecule has 3 atom stereocenters. The molecule has 2 aliphatic heterocycles. The molecule has 2 bridgehead atoms. The lowest BCUT2D eigenvalue weighted by atomic mass is 9.82. The number of aryl methyl sites for hydroxylation is 1. The molecule has 4 aromatic rings. The van der Waals surface area contributed by atoms with Crippen LogP contribution in [-0.2, 0) is 32.3 Å². The van der Waals surface area contributed by atoms with E-state index in [0.717, 1.165) is 11.1 Å². The highest BCUT2D eigenvalue weighted by molar-refractivity contribution is 9.10. The fourth-order valence-electron chi connectivity index (χ4n) is 6.55. The lowest BCUT2D eigenvalue weighted by Crippen LogP contribution is -2.49. The summed E-state index contributed by atoms with van der Waals surface area (Å²) in [6.07, 6.45) is 8.37. The molecule has 14 heteroatoms. The van der Waals surface area contributed by atoms with E-state index in [-0.39, 0.29) is 43.0 Å². The molecule has 1 saturated heterocycles. The van der Waals surface area contributed by atoms with Crippen LogP contribution in [0.4, 0.5) is 5.82 Å². The Labute approximate surface area is 298 Å². The number of rotatable bonds is 4. The molecule has 2 N–H and O–H groups in total. The standard InChI is InChI=1S/C36H39BrN8O5/c1-21(46)33-27-14-24(26-16-38-23(3)39-17-26)9-11-28(27)44(43-33)18-32(48)45-22(2)36(4)15-29(45)35(49)42-34-25(10-12-30(37)41-34)19-50-13-7-5-6-8-31(47)40-20-36/h5,7,9-12,14,16-17,22,29H,6,8,13,15,18-20H2,1-4H3,(H,40,47)(H,41,42,49)/t22-,29+,36-/m1/s1. The van der Waals surface area contributed by atoms with E-state index in [1.165, 1.54) is 11.6 Å². The van der Waals surface area contributed by atoms with Crippen LogP contribution in [-0.4, -0.2) is 78.4 Å². The van der Waals surface area contributed by atoms with Crippen molar-refractivity contribution in [3.05, 3.63) is 76.6 Å². The Morgan fingerprint density at radius 3 is 2.64 bits per heavy atom. The molecular formula is C36H39BrN8O5. The Bertz CT molecular complexity index is 1990. The summed E-state index contributed by atoms with van der Waals surface area (Å²) in [5.41, 5.74) is 2.47. The highest BCUT2D eigenvalue weighted by Gasteiger charge is 2.51. The number of nitrogens with one attached hydrogen (secondary N) is 2. The maximum absolute atomic E-state index is 14.4. The first-order valence-electron chi connectivity index (χ1n) is 16.5. The third-order valence-electron chi connectivity index (χ3n) is 9.55. The Morgan fingerprint density at radius 2 is 1.88 bits per heavy atom. The van der Waals surface area contributed by atoms with Crippen LogP contribution in [0, 0.1) is 12.3 Å². The summed E-state index contributed by atoms with van der Waals surface area (Å²) in [7, 11) is 0. The number of amides is 3. The minimum Gasteiger partial charge on any atom is -0.373 e. The van der Waals surface area contributed by atoms with Crippen molar-refractivity contribution in [1.29, 1.82) is 0 Å². The molecule has 1 aromatic carbocycles. The van der Waals surface area contributed by atoms with Crippen LogP contribution in [0.25, 0.3) is 22.0 Å². The first-order chi connectivity index (χ1) is 23.9. The van der Waals surface area contributed by atoms with Crippen LogP contribution >= 0.6 is 15.9 Å². The second-order valence-electron chi connectivity index (χ2n) is 13.1. The number of benzene rings is 1. The number of hydrogen-bond acceptors (Lipinski definition) is 9. The van der Waals surface area contributed by atoms with Crippen molar-refractivity contribution in [2.24, 2.45) is 5.41 Å². The molecule has 0 saturated carbocycles. The van der Waals surface area contributed by atoms with Crippen molar-refractivity contribution in [3.8, 4) is 11.1 Å². The second kappa shape index (κ2) is 14.6. The number of fused-ring (bicyclic) bond motifs is 4. The molecule has 1 fully saturated rings. The molecule has 3 amide bonds. The van der Waals surface area contributed by atoms with E-state index in [0.29, 0.717) is 58.6 Å². The number of allylic oxidation sites excluding steroid dienone is 1. The summed E-state index contributed by atoms with van der Waals surface area (Å²) < 4.78 is 7.85. The Hall–Kier alpha value is -4.82. The molecule has 0 aliphatic carbocycles. The minimum atomic E-state index is -0.881. The van der Waals surface area contributed by atoms with Gasteiger partial charge in [0.15, 0.2) is 5.78 Å². The maximum atomic E-state index is 14.4. The molecule has 0 unspecified atom stereocenters. The number of Topliss-reactive ketones (excluding diaryl/α,β-unsaturated/α-hetero) is 1. The van der Waals surface area contributed by atoms with Gasteiger partial charge in [0.1, 0.15) is 34.5 Å². The van der Waals surface area contributed by atoms with Crippen LogP contribution in [0.15, 0.2) is 59.5 Å². The zero-order valence-corrected chi connectivity index (χ0v) is 30.0. The van der Waals surface area contributed by atoms with Gasteiger partial charge in [-0.3, -0.25) is 23.9 Å². The number of carbonyl (C=O) groups is 4. The summed E-state index contributed by atoms with van der Waals surface area (Å²) in [4.78, 5) is 68.7. The van der Waals surface area contributed by atoms with Crippen LogP contribution in [0.1, 0.15) is 61.9 Å². The average molecular weight is 744 g/mol. The topological polar surface area (TPSA) is 161 Å². The van der Waals surface area contributed by atoms with Gasteiger partial charge in [0.25, 0.3) is 0 Å². The predicted molar refractivity (Wildman–Crippen MR) is 190 cm³/mol. The van der Waals surface area contributed by atoms with Gasteiger partial charge in [-0.1, -0.05) is 31.2 Å².